The molecule has 0 saturated heterocycles. The Morgan fingerprint density at radius 1 is 0.833 bits per heavy atom. The largest absolute Gasteiger partial charge is 0.487 e. The summed E-state index contributed by atoms with van der Waals surface area (Å²) in [6, 6.07) is 17.8. The van der Waals surface area contributed by atoms with Gasteiger partial charge in [-0.25, -0.2) is 4.79 Å². The molecule has 4 nitrogen and oxygen atoms in total. The molecule has 30 heavy (non-hydrogen) atoms. The smallest absolute Gasteiger partial charge is 0.338 e. The van der Waals surface area contributed by atoms with E-state index in [0.717, 1.165) is 30.3 Å². The van der Waals surface area contributed by atoms with Gasteiger partial charge in [0.15, 0.2) is 12.4 Å². The molecular formula is C23H17Br3O4. The van der Waals surface area contributed by atoms with Crippen molar-refractivity contribution in [1.82, 2.24) is 0 Å². The van der Waals surface area contributed by atoms with Gasteiger partial charge in [0.25, 0.3) is 0 Å². The van der Waals surface area contributed by atoms with Crippen LogP contribution >= 0.6 is 47.8 Å². The van der Waals surface area contributed by atoms with Crippen molar-refractivity contribution in [3.63, 3.8) is 0 Å². The van der Waals surface area contributed by atoms with Crippen LogP contribution in [0.5, 0.6) is 5.75 Å². The number of ketones is 1. The zero-order chi connectivity index (χ0) is 21.7. The quantitative estimate of drug-likeness (QED) is 0.220. The number of carbonyl (C=O) groups excluding carboxylic acids is 2. The summed E-state index contributed by atoms with van der Waals surface area (Å²) in [6.07, 6.45) is 0. The third kappa shape index (κ3) is 6.03. The van der Waals surface area contributed by atoms with Gasteiger partial charge in [0, 0.05) is 10.0 Å². The molecule has 3 aromatic rings. The number of hydrogen-bond acceptors (Lipinski definition) is 4. The lowest BCUT2D eigenvalue weighted by atomic mass is 10.1. The van der Waals surface area contributed by atoms with Crippen LogP contribution < -0.4 is 4.74 Å². The van der Waals surface area contributed by atoms with Crippen LogP contribution in [0.2, 0.25) is 0 Å². The zero-order valence-corrected chi connectivity index (χ0v) is 20.7. The van der Waals surface area contributed by atoms with E-state index in [1.54, 1.807) is 48.5 Å². The molecule has 3 aromatic carbocycles. The first kappa shape index (κ1) is 22.7. The molecule has 0 unspecified atom stereocenters. The average Bonchev–Trinajstić information content (AvgIpc) is 2.72. The van der Waals surface area contributed by atoms with Gasteiger partial charge in [-0.15, -0.1) is 0 Å². The molecule has 0 aliphatic carbocycles. The summed E-state index contributed by atoms with van der Waals surface area (Å²) < 4.78 is 13.6. The lowest BCUT2D eigenvalue weighted by molar-refractivity contribution is 0.0474. The summed E-state index contributed by atoms with van der Waals surface area (Å²) in [5, 5.41) is 0. The molecule has 0 saturated carbocycles. The molecule has 0 spiro atoms. The first-order valence-corrected chi connectivity index (χ1v) is 11.3. The molecule has 7 heteroatoms. The molecule has 0 bridgehead atoms. The van der Waals surface area contributed by atoms with Crippen molar-refractivity contribution in [3.8, 4) is 5.75 Å². The van der Waals surface area contributed by atoms with Crippen LogP contribution in [0.1, 0.15) is 31.8 Å². The molecule has 0 heterocycles. The number of ether oxygens (including phenoxy) is 2. The van der Waals surface area contributed by atoms with Gasteiger partial charge >= 0.3 is 5.97 Å². The van der Waals surface area contributed by atoms with Gasteiger partial charge in [0.1, 0.15) is 12.4 Å². The highest BCUT2D eigenvalue weighted by atomic mass is 79.9. The maximum atomic E-state index is 12.2. The van der Waals surface area contributed by atoms with E-state index in [0.29, 0.717) is 17.7 Å². The number of halogens is 3. The summed E-state index contributed by atoms with van der Waals surface area (Å²) in [4.78, 5) is 24.3. The zero-order valence-electron chi connectivity index (χ0n) is 16.0. The fourth-order valence-electron chi connectivity index (χ4n) is 2.65. The van der Waals surface area contributed by atoms with Gasteiger partial charge in [-0.05, 0) is 86.3 Å². The Morgan fingerprint density at radius 2 is 1.40 bits per heavy atom. The summed E-state index contributed by atoms with van der Waals surface area (Å²) >= 11 is 10.3. The molecule has 0 aliphatic heterocycles. The normalized spacial score (nSPS) is 10.5. The summed E-state index contributed by atoms with van der Waals surface area (Å²) in [5.74, 6) is -0.0809. The number of aryl methyl sites for hydroxylation is 1. The van der Waals surface area contributed by atoms with Crippen LogP contribution in [0.4, 0.5) is 0 Å². The van der Waals surface area contributed by atoms with Gasteiger partial charge in [0.2, 0.25) is 0 Å². The molecule has 0 radical (unpaired) electrons. The van der Waals surface area contributed by atoms with Crippen LogP contribution in [0, 0.1) is 6.92 Å². The van der Waals surface area contributed by atoms with Crippen LogP contribution in [-0.2, 0) is 11.3 Å². The van der Waals surface area contributed by atoms with E-state index >= 15 is 0 Å². The van der Waals surface area contributed by atoms with Crippen LogP contribution in [0.15, 0.2) is 74.1 Å². The van der Waals surface area contributed by atoms with Crippen molar-refractivity contribution >= 4 is 59.5 Å². The fraction of sp³-hybridized carbons (Fsp3) is 0.130. The molecule has 3 rings (SSSR count). The van der Waals surface area contributed by atoms with E-state index in [1.807, 2.05) is 19.1 Å². The van der Waals surface area contributed by atoms with Crippen molar-refractivity contribution < 1.29 is 19.1 Å². The van der Waals surface area contributed by atoms with Gasteiger partial charge in [-0.2, -0.15) is 0 Å². The van der Waals surface area contributed by atoms with Crippen LogP contribution in [0.3, 0.4) is 0 Å². The Labute approximate surface area is 200 Å². The number of carbonyl (C=O) groups is 2. The van der Waals surface area contributed by atoms with E-state index in [4.69, 9.17) is 9.47 Å². The first-order valence-electron chi connectivity index (χ1n) is 8.97. The molecule has 0 atom stereocenters. The Morgan fingerprint density at radius 3 is 2.00 bits per heavy atom. The Bertz CT molecular complexity index is 1040. The van der Waals surface area contributed by atoms with Crippen molar-refractivity contribution in [2.24, 2.45) is 0 Å². The number of Topliss-reactive ketones (excluding diaryl/α,β-unsaturated/α-hetero) is 1. The SMILES string of the molecule is Cc1cc(Br)c(OCc2ccc(C(=O)OCC(=O)c3ccc(Br)cc3)cc2)c(Br)c1. The average molecular weight is 597 g/mol. The number of esters is 1. The summed E-state index contributed by atoms with van der Waals surface area (Å²) in [7, 11) is 0. The lowest BCUT2D eigenvalue weighted by Crippen LogP contribution is -2.14. The topological polar surface area (TPSA) is 52.6 Å². The van der Waals surface area contributed by atoms with Crippen LogP contribution in [0.25, 0.3) is 0 Å². The van der Waals surface area contributed by atoms with E-state index in [9.17, 15) is 9.59 Å². The van der Waals surface area contributed by atoms with E-state index < -0.39 is 5.97 Å². The standard InChI is InChI=1S/C23H17Br3O4/c1-14-10-19(25)22(20(26)11-14)29-12-15-2-4-17(5-3-15)23(28)30-13-21(27)16-6-8-18(24)9-7-16/h2-11H,12-13H2,1H3. The third-order valence-corrected chi connectivity index (χ3v) is 5.92. The second kappa shape index (κ2) is 10.4. The van der Waals surface area contributed by atoms with Gasteiger partial charge < -0.3 is 9.47 Å². The minimum atomic E-state index is -0.544. The van der Waals surface area contributed by atoms with Crippen molar-refractivity contribution in [2.75, 3.05) is 6.61 Å². The highest BCUT2D eigenvalue weighted by Crippen LogP contribution is 2.35. The van der Waals surface area contributed by atoms with Crippen molar-refractivity contribution in [2.45, 2.75) is 13.5 Å². The Hall–Kier alpha value is -1.96. The second-order valence-corrected chi connectivity index (χ2v) is 9.17. The first-order chi connectivity index (χ1) is 14.3. The Kier molecular flexibility index (Phi) is 7.86. The van der Waals surface area contributed by atoms with Gasteiger partial charge in [-0.1, -0.05) is 40.2 Å². The molecule has 154 valence electrons. The number of hydrogen-bond donors (Lipinski definition) is 0. The van der Waals surface area contributed by atoms with E-state index in [2.05, 4.69) is 47.8 Å². The molecule has 0 fully saturated rings. The van der Waals surface area contributed by atoms with Crippen molar-refractivity contribution in [3.05, 3.63) is 96.3 Å². The predicted molar refractivity (Wildman–Crippen MR) is 126 cm³/mol. The minimum absolute atomic E-state index is 0.255. The van der Waals surface area contributed by atoms with Crippen LogP contribution in [-0.4, -0.2) is 18.4 Å². The van der Waals surface area contributed by atoms with Crippen molar-refractivity contribution in [1.29, 1.82) is 0 Å². The fourth-order valence-corrected chi connectivity index (χ4v) is 4.56. The molecule has 0 amide bonds. The van der Waals surface area contributed by atoms with Gasteiger partial charge in [0.05, 0.1) is 14.5 Å². The lowest BCUT2D eigenvalue weighted by Gasteiger charge is -2.11. The molecule has 0 N–H and O–H groups in total. The molecule has 0 aromatic heterocycles. The predicted octanol–water partition coefficient (Wildman–Crippen LogP) is 6.90. The molecule has 0 aliphatic rings. The number of rotatable bonds is 7. The van der Waals surface area contributed by atoms with E-state index in [1.165, 1.54) is 0 Å². The maximum Gasteiger partial charge on any atom is 0.338 e. The summed E-state index contributed by atoms with van der Waals surface area (Å²) in [5.41, 5.74) is 2.88. The summed E-state index contributed by atoms with van der Waals surface area (Å²) in [6.45, 7) is 2.04. The second-order valence-electron chi connectivity index (χ2n) is 6.55. The molecular weight excluding hydrogens is 580 g/mol. The highest BCUT2D eigenvalue weighted by Gasteiger charge is 2.13. The monoisotopic (exact) mass is 594 g/mol. The maximum absolute atomic E-state index is 12.2. The Balaban J connectivity index is 1.55. The van der Waals surface area contributed by atoms with Gasteiger partial charge in [-0.3, -0.25) is 4.79 Å². The third-order valence-electron chi connectivity index (χ3n) is 4.22. The van der Waals surface area contributed by atoms with E-state index in [-0.39, 0.29) is 12.4 Å². The minimum Gasteiger partial charge on any atom is -0.487 e. The number of benzene rings is 3. The highest BCUT2D eigenvalue weighted by molar-refractivity contribution is 9.11.